The van der Waals surface area contributed by atoms with Crippen LogP contribution in [-0.4, -0.2) is 41.6 Å². The van der Waals surface area contributed by atoms with Crippen molar-refractivity contribution in [1.82, 2.24) is 4.31 Å². The van der Waals surface area contributed by atoms with E-state index in [0.29, 0.717) is 16.7 Å². The number of fused-ring (bicyclic) bond motifs is 1. The smallest absolute Gasteiger partial charge is 0.244 e. The van der Waals surface area contributed by atoms with Crippen LogP contribution in [0.3, 0.4) is 0 Å². The second-order valence-electron chi connectivity index (χ2n) is 8.56. The van der Waals surface area contributed by atoms with E-state index in [1.165, 1.54) is 16.4 Å². The lowest BCUT2D eigenvalue weighted by molar-refractivity contribution is 0.0732. The zero-order valence-corrected chi connectivity index (χ0v) is 20.5. The maximum Gasteiger partial charge on any atom is 0.244 e. The van der Waals surface area contributed by atoms with E-state index in [0.717, 1.165) is 5.39 Å². The molecule has 0 saturated carbocycles. The molecule has 182 valence electrons. The Morgan fingerprint density at radius 1 is 0.829 bits per heavy atom. The summed E-state index contributed by atoms with van der Waals surface area (Å²) >= 11 is 0. The zero-order valence-electron chi connectivity index (χ0n) is 19.7. The number of aliphatic hydroxyl groups is 1. The highest BCUT2D eigenvalue weighted by Gasteiger charge is 2.38. The van der Waals surface area contributed by atoms with E-state index < -0.39 is 28.2 Å². The van der Waals surface area contributed by atoms with Crippen LogP contribution in [0.1, 0.15) is 25.5 Å². The molecule has 0 saturated heterocycles. The van der Waals surface area contributed by atoms with E-state index in [1.54, 1.807) is 44.2 Å². The minimum Gasteiger partial charge on any atom is -0.508 e. The third kappa shape index (κ3) is 5.32. The highest BCUT2D eigenvalue weighted by molar-refractivity contribution is 7.89. The van der Waals surface area contributed by atoms with Gasteiger partial charge in [0.25, 0.3) is 0 Å². The molecule has 4 aromatic rings. The van der Waals surface area contributed by atoms with Crippen LogP contribution < -0.4 is 4.74 Å². The van der Waals surface area contributed by atoms with Gasteiger partial charge in [0, 0.05) is 5.39 Å². The SMILES string of the molecule is CC(COc1ccccc1)N(C(C)C(O)c1ccc(O)cc1)S(=O)(=O)c1cccc2ccccc12. The summed E-state index contributed by atoms with van der Waals surface area (Å²) in [6.07, 6.45) is -1.13. The monoisotopic (exact) mass is 491 g/mol. The molecule has 6 nitrogen and oxygen atoms in total. The number of rotatable bonds is 9. The number of benzene rings is 4. The molecule has 0 fully saturated rings. The van der Waals surface area contributed by atoms with E-state index in [2.05, 4.69) is 0 Å². The van der Waals surface area contributed by atoms with Crippen molar-refractivity contribution in [1.29, 1.82) is 0 Å². The lowest BCUT2D eigenvalue weighted by atomic mass is 10.0. The first kappa shape index (κ1) is 24.7. The molecular formula is C28H29NO5S. The fourth-order valence-electron chi connectivity index (χ4n) is 4.29. The summed E-state index contributed by atoms with van der Waals surface area (Å²) < 4.78 is 35.5. The minimum atomic E-state index is -4.05. The molecule has 4 aromatic carbocycles. The summed E-state index contributed by atoms with van der Waals surface area (Å²) in [7, 11) is -4.05. The van der Waals surface area contributed by atoms with Gasteiger partial charge in [-0.2, -0.15) is 4.31 Å². The Bertz CT molecular complexity index is 1370. The van der Waals surface area contributed by atoms with Crippen molar-refractivity contribution in [3.05, 3.63) is 103 Å². The van der Waals surface area contributed by atoms with Gasteiger partial charge in [-0.15, -0.1) is 0 Å². The van der Waals surface area contributed by atoms with Crippen LogP contribution >= 0.6 is 0 Å². The van der Waals surface area contributed by atoms with Crippen molar-refractivity contribution in [3.63, 3.8) is 0 Å². The van der Waals surface area contributed by atoms with Gasteiger partial charge in [0.1, 0.15) is 18.1 Å². The summed E-state index contributed by atoms with van der Waals surface area (Å²) in [5.41, 5.74) is 0.504. The normalized spacial score (nSPS) is 14.5. The van der Waals surface area contributed by atoms with E-state index in [1.807, 2.05) is 54.6 Å². The molecule has 0 spiro atoms. The highest BCUT2D eigenvalue weighted by atomic mass is 32.2. The molecule has 0 bridgehead atoms. The van der Waals surface area contributed by atoms with Crippen LogP contribution in [0.4, 0.5) is 0 Å². The molecule has 0 heterocycles. The van der Waals surface area contributed by atoms with Gasteiger partial charge in [-0.25, -0.2) is 8.42 Å². The Morgan fingerprint density at radius 3 is 2.17 bits per heavy atom. The van der Waals surface area contributed by atoms with Gasteiger partial charge in [0.2, 0.25) is 10.0 Å². The molecule has 4 rings (SSSR count). The number of ether oxygens (including phenoxy) is 1. The molecule has 0 amide bonds. The Morgan fingerprint density at radius 2 is 1.46 bits per heavy atom. The Hall–Kier alpha value is -3.39. The molecule has 0 aliphatic rings. The number of sulfonamides is 1. The third-order valence-electron chi connectivity index (χ3n) is 6.07. The number of aliphatic hydroxyl groups excluding tert-OH is 1. The second kappa shape index (κ2) is 10.5. The first-order chi connectivity index (χ1) is 16.8. The lowest BCUT2D eigenvalue weighted by Gasteiger charge is -2.36. The molecule has 2 N–H and O–H groups in total. The molecule has 35 heavy (non-hydrogen) atoms. The predicted molar refractivity (Wildman–Crippen MR) is 137 cm³/mol. The Balaban J connectivity index is 1.74. The van der Waals surface area contributed by atoms with E-state index in [-0.39, 0.29) is 17.3 Å². The van der Waals surface area contributed by atoms with Gasteiger partial charge in [-0.05, 0) is 55.1 Å². The first-order valence-corrected chi connectivity index (χ1v) is 12.9. The van der Waals surface area contributed by atoms with Crippen molar-refractivity contribution in [2.45, 2.75) is 36.9 Å². The fraction of sp³-hybridized carbons (Fsp3) is 0.214. The fourth-order valence-corrected chi connectivity index (χ4v) is 6.32. The van der Waals surface area contributed by atoms with Crippen molar-refractivity contribution in [2.24, 2.45) is 0 Å². The third-order valence-corrected chi connectivity index (χ3v) is 8.23. The van der Waals surface area contributed by atoms with Crippen LogP contribution in [0.2, 0.25) is 0 Å². The van der Waals surface area contributed by atoms with Gasteiger partial charge >= 0.3 is 0 Å². The maximum atomic E-state index is 14.1. The number of phenolic OH excluding ortho intramolecular Hbond substituents is 1. The molecule has 7 heteroatoms. The van der Waals surface area contributed by atoms with Crippen molar-refractivity contribution in [2.75, 3.05) is 6.61 Å². The Labute approximate surface area is 206 Å². The van der Waals surface area contributed by atoms with Crippen molar-refractivity contribution < 1.29 is 23.4 Å². The number of hydrogen-bond donors (Lipinski definition) is 2. The summed E-state index contributed by atoms with van der Waals surface area (Å²) in [4.78, 5) is 0.173. The van der Waals surface area contributed by atoms with Crippen molar-refractivity contribution in [3.8, 4) is 11.5 Å². The summed E-state index contributed by atoms with van der Waals surface area (Å²) in [5.74, 6) is 0.701. The first-order valence-electron chi connectivity index (χ1n) is 11.4. The van der Waals surface area contributed by atoms with Gasteiger partial charge in [-0.1, -0.05) is 66.7 Å². The molecule has 3 atom stereocenters. The van der Waals surface area contributed by atoms with Crippen LogP contribution in [0.5, 0.6) is 11.5 Å². The number of nitrogens with zero attached hydrogens (tertiary/aromatic N) is 1. The summed E-state index contributed by atoms with van der Waals surface area (Å²) in [6.45, 7) is 3.55. The topological polar surface area (TPSA) is 87.1 Å². The quantitative estimate of drug-likeness (QED) is 0.339. The van der Waals surface area contributed by atoms with Gasteiger partial charge < -0.3 is 14.9 Å². The van der Waals surface area contributed by atoms with Crippen molar-refractivity contribution >= 4 is 20.8 Å². The summed E-state index contributed by atoms with van der Waals surface area (Å²) in [5, 5.41) is 22.2. The second-order valence-corrected chi connectivity index (χ2v) is 10.4. The molecular weight excluding hydrogens is 462 g/mol. The van der Waals surface area contributed by atoms with Crippen LogP contribution in [-0.2, 0) is 10.0 Å². The number of para-hydroxylation sites is 1. The van der Waals surface area contributed by atoms with Crippen LogP contribution in [0.25, 0.3) is 10.8 Å². The standard InChI is InChI=1S/C28H29NO5S/c1-20(19-34-25-11-4-3-5-12-25)29(21(2)28(31)23-15-17-24(30)18-16-23)35(32,33)27-14-8-10-22-9-6-7-13-26(22)27/h3-18,20-21,28,30-31H,19H2,1-2H3. The molecule has 0 aromatic heterocycles. The van der Waals surface area contributed by atoms with Crippen LogP contribution in [0, 0.1) is 0 Å². The predicted octanol–water partition coefficient (Wildman–Crippen LogP) is 5.13. The van der Waals surface area contributed by atoms with E-state index in [9.17, 15) is 18.6 Å². The Kier molecular flexibility index (Phi) is 7.40. The minimum absolute atomic E-state index is 0.0680. The average molecular weight is 492 g/mol. The maximum absolute atomic E-state index is 14.1. The molecule has 3 unspecified atom stereocenters. The van der Waals surface area contributed by atoms with E-state index >= 15 is 0 Å². The lowest BCUT2D eigenvalue weighted by Crippen LogP contribution is -2.49. The number of phenols is 1. The average Bonchev–Trinajstić information content (AvgIpc) is 2.87. The van der Waals surface area contributed by atoms with Gasteiger partial charge in [-0.3, -0.25) is 0 Å². The summed E-state index contributed by atoms with van der Waals surface area (Å²) in [6, 6.07) is 26.4. The molecule has 0 radical (unpaired) electrons. The zero-order chi connectivity index (χ0) is 25.0. The number of aromatic hydroxyl groups is 1. The van der Waals surface area contributed by atoms with Gasteiger partial charge in [0.15, 0.2) is 0 Å². The molecule has 0 aliphatic heterocycles. The number of hydrogen-bond acceptors (Lipinski definition) is 5. The van der Waals surface area contributed by atoms with E-state index in [4.69, 9.17) is 4.74 Å². The van der Waals surface area contributed by atoms with Gasteiger partial charge in [0.05, 0.1) is 23.1 Å². The largest absolute Gasteiger partial charge is 0.508 e. The van der Waals surface area contributed by atoms with Crippen LogP contribution in [0.15, 0.2) is 102 Å². The highest BCUT2D eigenvalue weighted by Crippen LogP contribution is 2.32. The molecule has 0 aliphatic carbocycles.